The number of hydrogen-bond donors (Lipinski definition) is 2. The number of aliphatic imine (C=N–C) groups is 1. The van der Waals surface area contributed by atoms with Gasteiger partial charge in [0, 0.05) is 47.7 Å². The number of amides is 1. The van der Waals surface area contributed by atoms with E-state index in [1.807, 2.05) is 48.5 Å². The highest BCUT2D eigenvalue weighted by molar-refractivity contribution is 6.00. The third-order valence-electron chi connectivity index (χ3n) is 6.12. The third-order valence-corrected chi connectivity index (χ3v) is 6.12. The number of ether oxygens (including phenoxy) is 3. The minimum Gasteiger partial charge on any atom is -0.496 e. The van der Waals surface area contributed by atoms with E-state index < -0.39 is 5.54 Å². The molecule has 1 heterocycles. The average molecular weight is 516 g/mol. The predicted molar refractivity (Wildman–Crippen MR) is 143 cm³/mol. The van der Waals surface area contributed by atoms with Crippen molar-refractivity contribution in [3.8, 4) is 11.5 Å². The predicted octanol–water partition coefficient (Wildman–Crippen LogP) is 4.47. The molecule has 0 aliphatic carbocycles. The Bertz CT molecular complexity index is 1340. The van der Waals surface area contributed by atoms with Gasteiger partial charge in [-0.05, 0) is 41.4 Å². The van der Waals surface area contributed by atoms with Gasteiger partial charge in [-0.3, -0.25) is 4.79 Å². The monoisotopic (exact) mass is 515 g/mol. The molecule has 1 aliphatic rings. The van der Waals surface area contributed by atoms with Crippen LogP contribution in [-0.4, -0.2) is 49.4 Å². The van der Waals surface area contributed by atoms with Crippen LogP contribution in [0.15, 0.2) is 82.9 Å². The summed E-state index contributed by atoms with van der Waals surface area (Å²) in [5.41, 5.74) is 10.4. The molecule has 10 heteroatoms. The van der Waals surface area contributed by atoms with Crippen molar-refractivity contribution in [1.29, 1.82) is 0 Å². The van der Waals surface area contributed by atoms with Gasteiger partial charge in [-0.2, -0.15) is 0 Å². The Morgan fingerprint density at radius 2 is 1.87 bits per heavy atom. The second kappa shape index (κ2) is 12.6. The van der Waals surface area contributed by atoms with Crippen molar-refractivity contribution in [2.45, 2.75) is 24.9 Å². The van der Waals surface area contributed by atoms with Crippen LogP contribution in [-0.2, 0) is 22.5 Å². The summed E-state index contributed by atoms with van der Waals surface area (Å²) in [6.07, 6.45) is 0.715. The van der Waals surface area contributed by atoms with Gasteiger partial charge in [0.2, 0.25) is 5.90 Å². The number of nitrogens with zero attached hydrogens (tertiary/aromatic N) is 4. The van der Waals surface area contributed by atoms with E-state index in [-0.39, 0.29) is 32.1 Å². The second-order valence-corrected chi connectivity index (χ2v) is 8.68. The number of aliphatic hydroxyl groups is 1. The first-order valence-corrected chi connectivity index (χ1v) is 12.2. The molecular formula is C28H29N5O5. The van der Waals surface area contributed by atoms with E-state index in [1.165, 1.54) is 0 Å². The van der Waals surface area contributed by atoms with E-state index >= 15 is 0 Å². The minimum atomic E-state index is -1.28. The molecule has 3 aromatic rings. The van der Waals surface area contributed by atoms with Crippen LogP contribution in [0.1, 0.15) is 23.1 Å². The molecule has 3 aromatic carbocycles. The highest BCUT2D eigenvalue weighted by atomic mass is 16.5. The molecule has 0 spiro atoms. The first kappa shape index (κ1) is 26.5. The molecule has 0 radical (unpaired) electrons. The lowest BCUT2D eigenvalue weighted by Crippen LogP contribution is -2.48. The number of rotatable bonds is 12. The normalized spacial score (nSPS) is 16.1. The molecular weight excluding hydrogens is 486 g/mol. The number of methoxy groups -OCH3 is 1. The van der Waals surface area contributed by atoms with E-state index in [9.17, 15) is 4.79 Å². The summed E-state index contributed by atoms with van der Waals surface area (Å²) < 4.78 is 17.0. The Hall–Kier alpha value is -4.53. The van der Waals surface area contributed by atoms with Gasteiger partial charge in [0.05, 0.1) is 13.7 Å². The summed E-state index contributed by atoms with van der Waals surface area (Å²) in [7, 11) is 1.58. The number of azide groups is 1. The zero-order valence-electron chi connectivity index (χ0n) is 21.0. The molecule has 1 amide bonds. The molecule has 0 bridgehead atoms. The van der Waals surface area contributed by atoms with Gasteiger partial charge in [0.1, 0.15) is 18.1 Å². The van der Waals surface area contributed by atoms with E-state index in [2.05, 4.69) is 15.3 Å². The standard InChI is InChI=1S/C28H29N5O5/c1-36-25-10-5-3-8-22(25)18-30-27(35)28(17-21-7-2-4-9-24(21)32-33-29)19-38-26(31-28)20-11-13-23(14-12-20)37-16-6-15-34/h2-5,7-14,34H,6,15-19H2,1H3,(H,30,35)/t28-/m1/s1. The van der Waals surface area contributed by atoms with Crippen molar-refractivity contribution in [3.05, 3.63) is 99.9 Å². The van der Waals surface area contributed by atoms with Gasteiger partial charge in [0.25, 0.3) is 5.91 Å². The maximum atomic E-state index is 13.7. The number of benzene rings is 3. The van der Waals surface area contributed by atoms with E-state index in [0.29, 0.717) is 47.2 Å². The largest absolute Gasteiger partial charge is 0.496 e. The lowest BCUT2D eigenvalue weighted by molar-refractivity contribution is -0.126. The molecule has 1 aliphatic heterocycles. The number of aliphatic hydroxyl groups excluding tert-OH is 1. The lowest BCUT2D eigenvalue weighted by atomic mass is 9.90. The highest BCUT2D eigenvalue weighted by Gasteiger charge is 2.44. The molecule has 0 fully saturated rings. The summed E-state index contributed by atoms with van der Waals surface area (Å²) in [6.45, 7) is 0.729. The number of para-hydroxylation sites is 1. The Balaban J connectivity index is 1.62. The molecule has 196 valence electrons. The maximum absolute atomic E-state index is 13.7. The van der Waals surface area contributed by atoms with Crippen LogP contribution in [0.4, 0.5) is 5.69 Å². The van der Waals surface area contributed by atoms with Crippen molar-refractivity contribution in [1.82, 2.24) is 5.32 Å². The van der Waals surface area contributed by atoms with Crippen LogP contribution in [0.2, 0.25) is 0 Å². The van der Waals surface area contributed by atoms with E-state index in [4.69, 9.17) is 29.8 Å². The van der Waals surface area contributed by atoms with Gasteiger partial charge in [-0.15, -0.1) is 0 Å². The number of nitrogens with one attached hydrogen (secondary N) is 1. The first-order valence-electron chi connectivity index (χ1n) is 12.2. The Morgan fingerprint density at radius 1 is 1.13 bits per heavy atom. The molecule has 0 saturated carbocycles. The van der Waals surface area contributed by atoms with Crippen LogP contribution in [0.5, 0.6) is 11.5 Å². The van der Waals surface area contributed by atoms with Crippen molar-refractivity contribution < 1.29 is 24.1 Å². The van der Waals surface area contributed by atoms with Gasteiger partial charge in [0.15, 0.2) is 5.54 Å². The number of carbonyl (C=O) groups excluding carboxylic acids is 1. The molecule has 2 N–H and O–H groups in total. The SMILES string of the molecule is COc1ccccc1CNC(=O)[C@@]1(Cc2ccccc2N=[N+]=[N-])COC(c2ccc(OCCCO)cc2)=N1. The molecule has 10 nitrogen and oxygen atoms in total. The van der Waals surface area contributed by atoms with Crippen molar-refractivity contribution >= 4 is 17.5 Å². The van der Waals surface area contributed by atoms with Gasteiger partial charge < -0.3 is 24.6 Å². The number of carbonyl (C=O) groups is 1. The van der Waals surface area contributed by atoms with Crippen molar-refractivity contribution in [2.24, 2.45) is 10.1 Å². The second-order valence-electron chi connectivity index (χ2n) is 8.68. The zero-order chi connectivity index (χ0) is 26.8. The molecule has 38 heavy (non-hydrogen) atoms. The average Bonchev–Trinajstić information content (AvgIpc) is 3.39. The Morgan fingerprint density at radius 3 is 2.61 bits per heavy atom. The van der Waals surface area contributed by atoms with Crippen LogP contribution in [0.25, 0.3) is 10.4 Å². The van der Waals surface area contributed by atoms with E-state index in [0.717, 1.165) is 5.56 Å². The summed E-state index contributed by atoms with van der Waals surface area (Å²) >= 11 is 0. The quantitative estimate of drug-likeness (QED) is 0.159. The summed E-state index contributed by atoms with van der Waals surface area (Å²) in [5, 5.41) is 15.7. The molecule has 0 saturated heterocycles. The van der Waals surface area contributed by atoms with Gasteiger partial charge in [-0.1, -0.05) is 47.6 Å². The van der Waals surface area contributed by atoms with Crippen LogP contribution in [0, 0.1) is 0 Å². The van der Waals surface area contributed by atoms with Crippen LogP contribution in [0.3, 0.4) is 0 Å². The van der Waals surface area contributed by atoms with Crippen LogP contribution < -0.4 is 14.8 Å². The Labute approximate surface area is 220 Å². The minimum absolute atomic E-state index is 0.0133. The molecule has 4 rings (SSSR count). The van der Waals surface area contributed by atoms with Crippen LogP contribution >= 0.6 is 0 Å². The van der Waals surface area contributed by atoms with Gasteiger partial charge >= 0.3 is 0 Å². The molecule has 0 unspecified atom stereocenters. The Kier molecular flexibility index (Phi) is 8.81. The fourth-order valence-corrected chi connectivity index (χ4v) is 4.14. The topological polar surface area (TPSA) is 138 Å². The maximum Gasteiger partial charge on any atom is 0.252 e. The molecule has 0 aromatic heterocycles. The first-order chi connectivity index (χ1) is 18.6. The zero-order valence-corrected chi connectivity index (χ0v) is 21.0. The number of hydrogen-bond acceptors (Lipinski definition) is 7. The van der Waals surface area contributed by atoms with E-state index in [1.54, 1.807) is 31.4 Å². The third kappa shape index (κ3) is 6.23. The fraction of sp³-hybridized carbons (Fsp3) is 0.286. The smallest absolute Gasteiger partial charge is 0.252 e. The fourth-order valence-electron chi connectivity index (χ4n) is 4.14. The van der Waals surface area contributed by atoms with Crippen molar-refractivity contribution in [3.63, 3.8) is 0 Å². The summed E-state index contributed by atoms with van der Waals surface area (Å²) in [4.78, 5) is 21.4. The highest BCUT2D eigenvalue weighted by Crippen LogP contribution is 2.31. The summed E-state index contributed by atoms with van der Waals surface area (Å²) in [5.74, 6) is 1.34. The molecule has 1 atom stereocenters. The van der Waals surface area contributed by atoms with Gasteiger partial charge in [-0.25, -0.2) is 4.99 Å². The lowest BCUT2D eigenvalue weighted by Gasteiger charge is -2.24. The summed E-state index contributed by atoms with van der Waals surface area (Å²) in [6, 6.07) is 21.8. The van der Waals surface area contributed by atoms with Crippen molar-refractivity contribution in [2.75, 3.05) is 26.9 Å².